The highest BCUT2D eigenvalue weighted by atomic mass is 127. The normalized spacial score (nSPS) is 10.3. The number of aryl methyl sites for hydroxylation is 1. The molecule has 0 aliphatic rings. The average molecular weight is 451 g/mol. The van der Waals surface area contributed by atoms with Gasteiger partial charge in [-0.25, -0.2) is 0 Å². The number of carbonyl (C=O) groups is 1. The summed E-state index contributed by atoms with van der Waals surface area (Å²) >= 11 is 11.5. The number of hydrogen-bond donors (Lipinski definition) is 1. The standard InChI is InChI=1S/C14H10BrClINO/c1-8-4-12(17)2-3-13(8)18-14(19)9-5-10(15)7-11(16)6-9/h2-7H,1H3,(H,18,19). The fourth-order valence-corrected chi connectivity index (χ4v) is 3.15. The summed E-state index contributed by atoms with van der Waals surface area (Å²) in [6, 6.07) is 11.0. The van der Waals surface area contributed by atoms with Crippen LogP contribution >= 0.6 is 50.1 Å². The number of nitrogens with one attached hydrogen (secondary N) is 1. The van der Waals surface area contributed by atoms with Crippen LogP contribution in [0.5, 0.6) is 0 Å². The predicted octanol–water partition coefficient (Wildman–Crippen LogP) is 5.27. The molecule has 0 aliphatic carbocycles. The minimum absolute atomic E-state index is 0.174. The highest BCUT2D eigenvalue weighted by Gasteiger charge is 2.09. The molecule has 1 N–H and O–H groups in total. The Morgan fingerprint density at radius 3 is 2.63 bits per heavy atom. The Balaban J connectivity index is 2.25. The Bertz CT molecular complexity index is 625. The summed E-state index contributed by atoms with van der Waals surface area (Å²) in [4.78, 5) is 12.2. The lowest BCUT2D eigenvalue weighted by Crippen LogP contribution is -2.12. The van der Waals surface area contributed by atoms with Crippen LogP contribution in [0.15, 0.2) is 40.9 Å². The SMILES string of the molecule is Cc1cc(I)ccc1NC(=O)c1cc(Cl)cc(Br)c1. The summed E-state index contributed by atoms with van der Waals surface area (Å²) in [5.41, 5.74) is 2.36. The van der Waals surface area contributed by atoms with E-state index in [-0.39, 0.29) is 5.91 Å². The lowest BCUT2D eigenvalue weighted by molar-refractivity contribution is 0.102. The van der Waals surface area contributed by atoms with Gasteiger partial charge in [0.15, 0.2) is 0 Å². The van der Waals surface area contributed by atoms with Gasteiger partial charge in [0, 0.05) is 24.3 Å². The third-order valence-corrected chi connectivity index (χ3v) is 3.91. The lowest BCUT2D eigenvalue weighted by Gasteiger charge is -2.09. The number of hydrogen-bond acceptors (Lipinski definition) is 1. The monoisotopic (exact) mass is 449 g/mol. The Morgan fingerprint density at radius 1 is 1.26 bits per heavy atom. The first-order valence-corrected chi connectivity index (χ1v) is 7.74. The summed E-state index contributed by atoms with van der Waals surface area (Å²) in [5, 5.41) is 3.41. The maximum absolute atomic E-state index is 12.2. The molecule has 0 atom stereocenters. The molecule has 2 rings (SSSR count). The molecular formula is C14H10BrClINO. The van der Waals surface area contributed by atoms with E-state index in [0.717, 1.165) is 19.3 Å². The Hall–Kier alpha value is -0.590. The Labute approximate surface area is 138 Å². The number of halogens is 3. The van der Waals surface area contributed by atoms with E-state index in [1.54, 1.807) is 18.2 Å². The van der Waals surface area contributed by atoms with E-state index in [1.165, 1.54) is 0 Å². The highest BCUT2D eigenvalue weighted by Crippen LogP contribution is 2.22. The largest absolute Gasteiger partial charge is 0.322 e. The van der Waals surface area contributed by atoms with Crippen LogP contribution in [0.4, 0.5) is 5.69 Å². The maximum atomic E-state index is 12.2. The summed E-state index contributed by atoms with van der Waals surface area (Å²) in [6.07, 6.45) is 0. The number of anilines is 1. The van der Waals surface area contributed by atoms with E-state index in [4.69, 9.17) is 11.6 Å². The van der Waals surface area contributed by atoms with Crippen LogP contribution in [0, 0.1) is 10.5 Å². The van der Waals surface area contributed by atoms with Crippen molar-refractivity contribution in [3.8, 4) is 0 Å². The van der Waals surface area contributed by atoms with Gasteiger partial charge in [0.2, 0.25) is 0 Å². The molecule has 5 heteroatoms. The van der Waals surface area contributed by atoms with E-state index in [9.17, 15) is 4.79 Å². The van der Waals surface area contributed by atoms with Crippen molar-refractivity contribution in [2.45, 2.75) is 6.92 Å². The van der Waals surface area contributed by atoms with Crippen LogP contribution in [-0.4, -0.2) is 5.91 Å². The molecule has 0 unspecified atom stereocenters. The number of carbonyl (C=O) groups excluding carboxylic acids is 1. The van der Waals surface area contributed by atoms with Gasteiger partial charge in [0.05, 0.1) is 0 Å². The predicted molar refractivity (Wildman–Crippen MR) is 91.0 cm³/mol. The zero-order chi connectivity index (χ0) is 14.0. The first-order valence-electron chi connectivity index (χ1n) is 5.49. The van der Waals surface area contributed by atoms with E-state index in [0.29, 0.717) is 10.6 Å². The topological polar surface area (TPSA) is 29.1 Å². The van der Waals surface area contributed by atoms with Crippen LogP contribution in [0.3, 0.4) is 0 Å². The van der Waals surface area contributed by atoms with Crippen molar-refractivity contribution in [2.75, 3.05) is 5.32 Å². The zero-order valence-electron chi connectivity index (χ0n) is 10.0. The van der Waals surface area contributed by atoms with E-state index in [1.807, 2.05) is 25.1 Å². The van der Waals surface area contributed by atoms with Gasteiger partial charge < -0.3 is 5.32 Å². The molecule has 1 amide bonds. The van der Waals surface area contributed by atoms with Crippen molar-refractivity contribution in [3.63, 3.8) is 0 Å². The van der Waals surface area contributed by atoms with Gasteiger partial charge in [0.1, 0.15) is 0 Å². The van der Waals surface area contributed by atoms with Gasteiger partial charge in [-0.3, -0.25) is 4.79 Å². The van der Waals surface area contributed by atoms with Gasteiger partial charge in [-0.05, 0) is 71.5 Å². The van der Waals surface area contributed by atoms with Crippen LogP contribution in [0.1, 0.15) is 15.9 Å². The van der Waals surface area contributed by atoms with E-state index < -0.39 is 0 Å². The molecule has 0 saturated carbocycles. The summed E-state index contributed by atoms with van der Waals surface area (Å²) in [6.45, 7) is 1.96. The molecule has 2 aromatic carbocycles. The van der Waals surface area contributed by atoms with Crippen molar-refractivity contribution < 1.29 is 4.79 Å². The van der Waals surface area contributed by atoms with Crippen LogP contribution in [0.2, 0.25) is 5.02 Å². The molecule has 0 bridgehead atoms. The van der Waals surface area contributed by atoms with Gasteiger partial charge in [-0.1, -0.05) is 27.5 Å². The Morgan fingerprint density at radius 2 is 2.00 bits per heavy atom. The smallest absolute Gasteiger partial charge is 0.255 e. The van der Waals surface area contributed by atoms with Crippen LogP contribution in [-0.2, 0) is 0 Å². The first kappa shape index (κ1) is 14.8. The van der Waals surface area contributed by atoms with Crippen LogP contribution < -0.4 is 5.32 Å². The minimum atomic E-state index is -0.174. The summed E-state index contributed by atoms with van der Waals surface area (Å²) in [5.74, 6) is -0.174. The Kier molecular flexibility index (Phi) is 4.86. The average Bonchev–Trinajstić information content (AvgIpc) is 2.31. The molecule has 2 nitrogen and oxygen atoms in total. The second-order valence-corrected chi connectivity index (χ2v) is 6.67. The van der Waals surface area contributed by atoms with E-state index >= 15 is 0 Å². The maximum Gasteiger partial charge on any atom is 0.255 e. The molecule has 0 fully saturated rings. The van der Waals surface area contributed by atoms with Gasteiger partial charge >= 0.3 is 0 Å². The minimum Gasteiger partial charge on any atom is -0.322 e. The van der Waals surface area contributed by atoms with Gasteiger partial charge in [0.25, 0.3) is 5.91 Å². The molecule has 0 saturated heterocycles. The van der Waals surface area contributed by atoms with Crippen molar-refractivity contribution >= 4 is 61.7 Å². The van der Waals surface area contributed by atoms with E-state index in [2.05, 4.69) is 43.8 Å². The molecule has 2 aromatic rings. The van der Waals surface area contributed by atoms with Crippen molar-refractivity contribution in [2.24, 2.45) is 0 Å². The first-order chi connectivity index (χ1) is 8.95. The molecule has 98 valence electrons. The number of amides is 1. The molecule has 0 radical (unpaired) electrons. The van der Waals surface area contributed by atoms with Crippen molar-refractivity contribution in [1.82, 2.24) is 0 Å². The van der Waals surface area contributed by atoms with Crippen LogP contribution in [0.25, 0.3) is 0 Å². The third-order valence-electron chi connectivity index (χ3n) is 2.56. The second-order valence-electron chi connectivity index (χ2n) is 4.07. The number of rotatable bonds is 2. The quantitative estimate of drug-likeness (QED) is 0.621. The summed E-state index contributed by atoms with van der Waals surface area (Å²) in [7, 11) is 0. The second kappa shape index (κ2) is 6.24. The molecule has 0 heterocycles. The molecular weight excluding hydrogens is 440 g/mol. The van der Waals surface area contributed by atoms with Crippen molar-refractivity contribution in [3.05, 3.63) is 60.6 Å². The summed E-state index contributed by atoms with van der Waals surface area (Å²) < 4.78 is 1.92. The van der Waals surface area contributed by atoms with Crippen molar-refractivity contribution in [1.29, 1.82) is 0 Å². The molecule has 0 aliphatic heterocycles. The van der Waals surface area contributed by atoms with Gasteiger partial charge in [-0.2, -0.15) is 0 Å². The zero-order valence-corrected chi connectivity index (χ0v) is 14.5. The molecule has 0 spiro atoms. The third kappa shape index (κ3) is 3.94. The molecule has 19 heavy (non-hydrogen) atoms. The number of benzene rings is 2. The lowest BCUT2D eigenvalue weighted by atomic mass is 10.1. The van der Waals surface area contributed by atoms with Gasteiger partial charge in [-0.15, -0.1) is 0 Å². The fourth-order valence-electron chi connectivity index (χ4n) is 1.65. The fraction of sp³-hybridized carbons (Fsp3) is 0.0714. The highest BCUT2D eigenvalue weighted by molar-refractivity contribution is 14.1. The molecule has 0 aromatic heterocycles.